The number of amides is 2. The third-order valence-electron chi connectivity index (χ3n) is 3.81. The van der Waals surface area contributed by atoms with Gasteiger partial charge in [0.05, 0.1) is 0 Å². The van der Waals surface area contributed by atoms with Gasteiger partial charge in [0.2, 0.25) is 0 Å². The van der Waals surface area contributed by atoms with Gasteiger partial charge in [-0.15, -0.1) is 0 Å². The summed E-state index contributed by atoms with van der Waals surface area (Å²) in [6.45, 7) is 1.62. The summed E-state index contributed by atoms with van der Waals surface area (Å²) in [4.78, 5) is 24.1. The van der Waals surface area contributed by atoms with Gasteiger partial charge in [-0.1, -0.05) is 46.3 Å². The zero-order valence-electron chi connectivity index (χ0n) is 14.0. The first-order valence-corrected chi connectivity index (χ1v) is 8.83. The minimum Gasteiger partial charge on any atom is -0.481 e. The Morgan fingerprint density at radius 1 is 0.923 bits per heavy atom. The van der Waals surface area contributed by atoms with Crippen LogP contribution in [-0.4, -0.2) is 17.9 Å². The molecule has 0 spiro atoms. The summed E-state index contributed by atoms with van der Waals surface area (Å²) in [5, 5.41) is 2.12. The van der Waals surface area contributed by atoms with Crippen LogP contribution in [0.25, 0.3) is 10.8 Å². The van der Waals surface area contributed by atoms with Crippen LogP contribution in [0.5, 0.6) is 5.75 Å². The molecule has 6 heteroatoms. The first kappa shape index (κ1) is 17.9. The van der Waals surface area contributed by atoms with Crippen LogP contribution in [0.4, 0.5) is 0 Å². The molecule has 0 aliphatic carbocycles. The molecular weight excluding hydrogens is 396 g/mol. The number of halogens is 1. The lowest BCUT2D eigenvalue weighted by Gasteiger charge is -2.15. The molecule has 2 amide bonds. The van der Waals surface area contributed by atoms with Gasteiger partial charge in [-0.3, -0.25) is 20.4 Å². The predicted octanol–water partition coefficient (Wildman–Crippen LogP) is 3.83. The van der Waals surface area contributed by atoms with Crippen molar-refractivity contribution in [2.45, 2.75) is 13.0 Å². The Labute approximate surface area is 159 Å². The Hall–Kier alpha value is -2.86. The second-order valence-corrected chi connectivity index (χ2v) is 6.63. The maximum absolute atomic E-state index is 12.1. The second kappa shape index (κ2) is 8.01. The summed E-state index contributed by atoms with van der Waals surface area (Å²) in [6, 6.07) is 20.3. The molecule has 1 atom stereocenters. The molecule has 0 fully saturated rings. The maximum atomic E-state index is 12.1. The van der Waals surface area contributed by atoms with Crippen molar-refractivity contribution < 1.29 is 14.3 Å². The number of carbonyl (C=O) groups is 2. The Kier molecular flexibility index (Phi) is 5.53. The van der Waals surface area contributed by atoms with Crippen molar-refractivity contribution in [1.82, 2.24) is 10.9 Å². The standard InChI is InChI=1S/C20H17BrN2O3/c1-13(26-18-11-8-14-4-2-3-5-16(14)12-18)19(24)22-23-20(25)15-6-9-17(21)10-7-15/h2-13H,1H3,(H,22,24)(H,23,25)/t13-/m1/s1. The van der Waals surface area contributed by atoms with Gasteiger partial charge < -0.3 is 4.74 Å². The number of hydrogen-bond donors (Lipinski definition) is 2. The summed E-state index contributed by atoms with van der Waals surface area (Å²) < 4.78 is 6.54. The number of hydrogen-bond acceptors (Lipinski definition) is 3. The van der Waals surface area contributed by atoms with Gasteiger partial charge >= 0.3 is 0 Å². The predicted molar refractivity (Wildman–Crippen MR) is 104 cm³/mol. The van der Waals surface area contributed by atoms with Crippen LogP contribution < -0.4 is 15.6 Å². The van der Waals surface area contributed by atoms with Gasteiger partial charge in [0.1, 0.15) is 5.75 Å². The third kappa shape index (κ3) is 4.40. The van der Waals surface area contributed by atoms with Crippen molar-refractivity contribution in [3.05, 3.63) is 76.8 Å². The van der Waals surface area contributed by atoms with Crippen molar-refractivity contribution in [3.8, 4) is 5.75 Å². The lowest BCUT2D eigenvalue weighted by molar-refractivity contribution is -0.128. The maximum Gasteiger partial charge on any atom is 0.279 e. The Morgan fingerprint density at radius 2 is 1.62 bits per heavy atom. The lowest BCUT2D eigenvalue weighted by Crippen LogP contribution is -2.47. The highest BCUT2D eigenvalue weighted by molar-refractivity contribution is 9.10. The molecule has 26 heavy (non-hydrogen) atoms. The Bertz CT molecular complexity index is 941. The van der Waals surface area contributed by atoms with Crippen LogP contribution in [0.15, 0.2) is 71.2 Å². The number of rotatable bonds is 4. The van der Waals surface area contributed by atoms with E-state index >= 15 is 0 Å². The molecule has 2 N–H and O–H groups in total. The highest BCUT2D eigenvalue weighted by Gasteiger charge is 2.16. The van der Waals surface area contributed by atoms with E-state index in [0.29, 0.717) is 11.3 Å². The molecule has 0 unspecified atom stereocenters. The van der Waals surface area contributed by atoms with E-state index in [1.54, 1.807) is 31.2 Å². The number of ether oxygens (including phenoxy) is 1. The fourth-order valence-corrected chi connectivity index (χ4v) is 2.66. The number of hydrazine groups is 1. The number of benzene rings is 3. The van der Waals surface area contributed by atoms with Crippen LogP contribution in [0.2, 0.25) is 0 Å². The smallest absolute Gasteiger partial charge is 0.279 e. The van der Waals surface area contributed by atoms with Crippen molar-refractivity contribution in [1.29, 1.82) is 0 Å². The molecule has 132 valence electrons. The zero-order chi connectivity index (χ0) is 18.5. The topological polar surface area (TPSA) is 67.4 Å². The average molecular weight is 413 g/mol. The molecule has 0 radical (unpaired) electrons. The quantitative estimate of drug-likeness (QED) is 0.639. The molecule has 0 saturated heterocycles. The van der Waals surface area contributed by atoms with Gasteiger partial charge in [-0.25, -0.2) is 0 Å². The minimum atomic E-state index is -0.763. The number of nitrogens with one attached hydrogen (secondary N) is 2. The summed E-state index contributed by atoms with van der Waals surface area (Å²) in [7, 11) is 0. The molecule has 0 bridgehead atoms. The van der Waals surface area contributed by atoms with Crippen molar-refractivity contribution in [3.63, 3.8) is 0 Å². The molecule has 5 nitrogen and oxygen atoms in total. The minimum absolute atomic E-state index is 0.399. The number of carbonyl (C=O) groups excluding carboxylic acids is 2. The van der Waals surface area contributed by atoms with Crippen LogP contribution in [0, 0.1) is 0 Å². The van der Waals surface area contributed by atoms with Gasteiger partial charge in [0, 0.05) is 10.0 Å². The highest BCUT2D eigenvalue weighted by Crippen LogP contribution is 2.21. The van der Waals surface area contributed by atoms with E-state index < -0.39 is 17.9 Å². The highest BCUT2D eigenvalue weighted by atomic mass is 79.9. The van der Waals surface area contributed by atoms with Crippen LogP contribution in [0.3, 0.4) is 0 Å². The SMILES string of the molecule is C[C@@H](Oc1ccc2ccccc2c1)C(=O)NNC(=O)c1ccc(Br)cc1. The largest absolute Gasteiger partial charge is 0.481 e. The van der Waals surface area contributed by atoms with Crippen molar-refractivity contribution in [2.24, 2.45) is 0 Å². The molecule has 3 aromatic carbocycles. The van der Waals surface area contributed by atoms with E-state index in [2.05, 4.69) is 26.8 Å². The van der Waals surface area contributed by atoms with E-state index in [1.807, 2.05) is 42.5 Å². The van der Waals surface area contributed by atoms with Crippen LogP contribution in [-0.2, 0) is 4.79 Å². The second-order valence-electron chi connectivity index (χ2n) is 5.72. The average Bonchev–Trinajstić information content (AvgIpc) is 2.66. The molecule has 3 rings (SSSR count). The monoisotopic (exact) mass is 412 g/mol. The van der Waals surface area contributed by atoms with E-state index in [0.717, 1.165) is 15.2 Å². The molecular formula is C20H17BrN2O3. The fraction of sp³-hybridized carbons (Fsp3) is 0.100. The Morgan fingerprint density at radius 3 is 2.35 bits per heavy atom. The van der Waals surface area contributed by atoms with Gasteiger partial charge in [-0.2, -0.15) is 0 Å². The van der Waals surface area contributed by atoms with E-state index in [9.17, 15) is 9.59 Å². The summed E-state index contributed by atoms with van der Waals surface area (Å²) in [5.74, 6) is -0.252. The summed E-state index contributed by atoms with van der Waals surface area (Å²) >= 11 is 3.30. The molecule has 0 aromatic heterocycles. The fourth-order valence-electron chi connectivity index (χ4n) is 2.39. The van der Waals surface area contributed by atoms with Gasteiger partial charge in [-0.05, 0) is 54.1 Å². The summed E-state index contributed by atoms with van der Waals surface area (Å²) in [6.07, 6.45) is -0.763. The van der Waals surface area contributed by atoms with Crippen molar-refractivity contribution >= 4 is 38.5 Å². The van der Waals surface area contributed by atoms with E-state index in [-0.39, 0.29) is 0 Å². The van der Waals surface area contributed by atoms with Crippen LogP contribution in [0.1, 0.15) is 17.3 Å². The Balaban J connectivity index is 1.56. The molecule has 0 heterocycles. The van der Waals surface area contributed by atoms with E-state index in [1.165, 1.54) is 0 Å². The third-order valence-corrected chi connectivity index (χ3v) is 4.34. The van der Waals surface area contributed by atoms with Crippen LogP contribution >= 0.6 is 15.9 Å². The van der Waals surface area contributed by atoms with Crippen molar-refractivity contribution in [2.75, 3.05) is 0 Å². The molecule has 0 aliphatic heterocycles. The van der Waals surface area contributed by atoms with Gasteiger partial charge in [0.15, 0.2) is 6.10 Å². The first-order valence-electron chi connectivity index (χ1n) is 8.04. The molecule has 0 aliphatic rings. The zero-order valence-corrected chi connectivity index (χ0v) is 15.6. The first-order chi connectivity index (χ1) is 12.5. The summed E-state index contributed by atoms with van der Waals surface area (Å²) in [5.41, 5.74) is 5.20. The number of fused-ring (bicyclic) bond motifs is 1. The van der Waals surface area contributed by atoms with Gasteiger partial charge in [0.25, 0.3) is 11.8 Å². The molecule has 3 aromatic rings. The lowest BCUT2D eigenvalue weighted by atomic mass is 10.1. The van der Waals surface area contributed by atoms with E-state index in [4.69, 9.17) is 4.74 Å². The molecule has 0 saturated carbocycles. The normalized spacial score (nSPS) is 11.6.